The average molecular weight is 474 g/mol. The van der Waals surface area contributed by atoms with Gasteiger partial charge in [-0.25, -0.2) is 0 Å². The van der Waals surface area contributed by atoms with Crippen LogP contribution in [0.4, 0.5) is 5.69 Å². The Balaban J connectivity index is 1.58. The summed E-state index contributed by atoms with van der Waals surface area (Å²) in [6.07, 6.45) is 1.15. The Labute approximate surface area is 193 Å². The fourth-order valence-electron chi connectivity index (χ4n) is 2.95. The lowest BCUT2D eigenvalue weighted by Gasteiger charge is -2.26. The lowest BCUT2D eigenvalue weighted by atomic mass is 10.1. The summed E-state index contributed by atoms with van der Waals surface area (Å²) in [5, 5.41) is 13.5. The molecule has 1 aliphatic heterocycles. The summed E-state index contributed by atoms with van der Waals surface area (Å²) in [5.74, 6) is -0.423. The van der Waals surface area contributed by atoms with Gasteiger partial charge >= 0.3 is 0 Å². The van der Waals surface area contributed by atoms with Gasteiger partial charge in [0.05, 0.1) is 4.92 Å². The van der Waals surface area contributed by atoms with Crippen molar-refractivity contribution in [2.24, 2.45) is 0 Å². The summed E-state index contributed by atoms with van der Waals surface area (Å²) in [4.78, 5) is 47.9. The number of rotatable bonds is 8. The molecule has 0 aliphatic carbocycles. The second kappa shape index (κ2) is 11.2. The van der Waals surface area contributed by atoms with E-state index in [0.717, 1.165) is 6.07 Å². The molecule has 174 valence electrons. The van der Waals surface area contributed by atoms with Crippen LogP contribution in [0.3, 0.4) is 0 Å². The third-order valence-electron chi connectivity index (χ3n) is 4.66. The monoisotopic (exact) mass is 474 g/mol. The number of ether oxygens (including phenoxy) is 2. The van der Waals surface area contributed by atoms with Crippen molar-refractivity contribution in [3.8, 4) is 11.5 Å². The van der Waals surface area contributed by atoms with E-state index in [4.69, 9.17) is 9.47 Å². The maximum Gasteiger partial charge on any atom is 0.283 e. The van der Waals surface area contributed by atoms with Crippen molar-refractivity contribution in [1.29, 1.82) is 0 Å². The average Bonchev–Trinajstić information content (AvgIpc) is 2.84. The van der Waals surface area contributed by atoms with E-state index in [2.05, 4.69) is 16.2 Å². The second-order valence-corrected chi connectivity index (χ2v) is 7.94. The highest BCUT2D eigenvalue weighted by molar-refractivity contribution is 7.98. The Bertz CT molecular complexity index is 1050. The Morgan fingerprint density at radius 1 is 1.15 bits per heavy atom. The number of fused-ring (bicyclic) bond motifs is 1. The zero-order chi connectivity index (χ0) is 23.8. The Kier molecular flexibility index (Phi) is 8.08. The van der Waals surface area contributed by atoms with Gasteiger partial charge in [0.1, 0.15) is 12.6 Å². The maximum atomic E-state index is 12.6. The second-order valence-electron chi connectivity index (χ2n) is 6.96. The van der Waals surface area contributed by atoms with Crippen molar-refractivity contribution in [2.75, 3.05) is 18.6 Å². The zero-order valence-electron chi connectivity index (χ0n) is 17.6. The molecule has 2 aromatic rings. The largest absolute Gasteiger partial charge is 0.485 e. The molecule has 2 unspecified atom stereocenters. The molecule has 33 heavy (non-hydrogen) atoms. The molecule has 11 nitrogen and oxygen atoms in total. The van der Waals surface area contributed by atoms with E-state index in [1.807, 2.05) is 6.26 Å². The minimum absolute atomic E-state index is 0.0296. The first-order valence-electron chi connectivity index (χ1n) is 9.91. The number of carbonyl (C=O) groups excluding carboxylic acids is 3. The highest BCUT2D eigenvalue weighted by Gasteiger charge is 2.29. The first kappa shape index (κ1) is 23.9. The van der Waals surface area contributed by atoms with Gasteiger partial charge in [-0.1, -0.05) is 18.2 Å². The van der Waals surface area contributed by atoms with Crippen molar-refractivity contribution in [2.45, 2.75) is 18.6 Å². The molecular weight excluding hydrogens is 452 g/mol. The first-order valence-corrected chi connectivity index (χ1v) is 11.3. The minimum Gasteiger partial charge on any atom is -0.485 e. The normalized spacial score (nSPS) is 15.1. The zero-order valence-corrected chi connectivity index (χ0v) is 18.4. The molecule has 12 heteroatoms. The van der Waals surface area contributed by atoms with E-state index in [1.165, 1.54) is 30.0 Å². The number of thioether (sulfide) groups is 1. The number of hydrogen-bond acceptors (Lipinski definition) is 8. The van der Waals surface area contributed by atoms with Crippen molar-refractivity contribution < 1.29 is 28.8 Å². The molecule has 3 amide bonds. The van der Waals surface area contributed by atoms with Crippen LogP contribution in [0, 0.1) is 10.1 Å². The number of amides is 3. The van der Waals surface area contributed by atoms with Crippen molar-refractivity contribution in [1.82, 2.24) is 16.2 Å². The molecular formula is C21H22N4O7S. The molecule has 3 rings (SSSR count). The summed E-state index contributed by atoms with van der Waals surface area (Å²) >= 11 is 1.47. The molecule has 0 bridgehead atoms. The highest BCUT2D eigenvalue weighted by Crippen LogP contribution is 2.30. The SMILES string of the molecule is CSCCC(NC(=O)c1cccc([N+](=O)[O-])c1)C(=O)NNC(=O)C1COc2ccccc2O1. The number of carbonyl (C=O) groups is 3. The van der Waals surface area contributed by atoms with Gasteiger partial charge < -0.3 is 14.8 Å². The predicted octanol–water partition coefficient (Wildman–Crippen LogP) is 1.43. The summed E-state index contributed by atoms with van der Waals surface area (Å²) in [6, 6.07) is 11.1. The van der Waals surface area contributed by atoms with E-state index in [1.54, 1.807) is 24.3 Å². The van der Waals surface area contributed by atoms with Crippen LogP contribution in [0.1, 0.15) is 16.8 Å². The van der Waals surface area contributed by atoms with Crippen molar-refractivity contribution >= 4 is 35.2 Å². The van der Waals surface area contributed by atoms with Gasteiger partial charge in [-0.05, 0) is 36.6 Å². The Morgan fingerprint density at radius 2 is 1.91 bits per heavy atom. The maximum absolute atomic E-state index is 12.6. The summed E-state index contributed by atoms with van der Waals surface area (Å²) < 4.78 is 11.1. The van der Waals surface area contributed by atoms with Gasteiger partial charge in [-0.3, -0.25) is 35.3 Å². The van der Waals surface area contributed by atoms with Gasteiger partial charge in [0.15, 0.2) is 11.5 Å². The van der Waals surface area contributed by atoms with E-state index in [9.17, 15) is 24.5 Å². The topological polar surface area (TPSA) is 149 Å². The third kappa shape index (κ3) is 6.35. The minimum atomic E-state index is -0.978. The number of nitro groups is 1. The number of nitrogens with one attached hydrogen (secondary N) is 3. The van der Waals surface area contributed by atoms with Gasteiger partial charge in [-0.15, -0.1) is 0 Å². The number of hydrazine groups is 1. The van der Waals surface area contributed by atoms with Crippen LogP contribution in [0.15, 0.2) is 48.5 Å². The number of nitrogens with zero attached hydrogens (tertiary/aromatic N) is 1. The van der Waals surface area contributed by atoms with Crippen molar-refractivity contribution in [3.63, 3.8) is 0 Å². The van der Waals surface area contributed by atoms with Crippen LogP contribution in [-0.2, 0) is 9.59 Å². The van der Waals surface area contributed by atoms with Crippen LogP contribution in [0.2, 0.25) is 0 Å². The molecule has 0 radical (unpaired) electrons. The summed E-state index contributed by atoms with van der Waals surface area (Å²) in [6.45, 7) is -0.0296. The van der Waals surface area contributed by atoms with Crippen LogP contribution >= 0.6 is 11.8 Å². The molecule has 0 fully saturated rings. The highest BCUT2D eigenvalue weighted by atomic mass is 32.2. The molecule has 2 aromatic carbocycles. The standard InChI is InChI=1S/C21H22N4O7S/c1-33-10-9-15(22-19(26)13-5-4-6-14(11-13)25(29)30)20(27)23-24-21(28)18-12-31-16-7-2-3-8-17(16)32-18/h2-8,11,15,18H,9-10,12H2,1H3,(H,22,26)(H,23,27)(H,24,28). The van der Waals surface area contributed by atoms with Crippen LogP contribution < -0.4 is 25.6 Å². The molecule has 2 atom stereocenters. The summed E-state index contributed by atoms with van der Waals surface area (Å²) in [7, 11) is 0. The van der Waals surface area contributed by atoms with Crippen molar-refractivity contribution in [3.05, 3.63) is 64.2 Å². The van der Waals surface area contributed by atoms with Gasteiger partial charge in [0.25, 0.3) is 23.4 Å². The molecule has 3 N–H and O–H groups in total. The van der Waals surface area contributed by atoms with Gasteiger partial charge in [0, 0.05) is 17.7 Å². The number of hydrogen-bond donors (Lipinski definition) is 3. The fraction of sp³-hybridized carbons (Fsp3) is 0.286. The van der Waals surface area contributed by atoms with E-state index < -0.39 is 34.8 Å². The Morgan fingerprint density at radius 3 is 2.64 bits per heavy atom. The predicted molar refractivity (Wildman–Crippen MR) is 120 cm³/mol. The number of nitro benzene ring substituents is 1. The number of benzene rings is 2. The fourth-order valence-corrected chi connectivity index (χ4v) is 3.42. The van der Waals surface area contributed by atoms with E-state index >= 15 is 0 Å². The molecule has 0 saturated carbocycles. The third-order valence-corrected chi connectivity index (χ3v) is 5.31. The quantitative estimate of drug-likeness (QED) is 0.384. The summed E-state index contributed by atoms with van der Waals surface area (Å²) in [5.41, 5.74) is 4.38. The van der Waals surface area contributed by atoms with Gasteiger partial charge in [-0.2, -0.15) is 11.8 Å². The first-order chi connectivity index (χ1) is 15.9. The number of non-ortho nitro benzene ring substituents is 1. The molecule has 0 saturated heterocycles. The van der Waals surface area contributed by atoms with Crippen LogP contribution in [0.25, 0.3) is 0 Å². The van der Waals surface area contributed by atoms with Crippen LogP contribution in [-0.4, -0.2) is 53.4 Å². The molecule has 1 heterocycles. The lowest BCUT2D eigenvalue weighted by Crippen LogP contribution is -2.56. The smallest absolute Gasteiger partial charge is 0.283 e. The van der Waals surface area contributed by atoms with Gasteiger partial charge in [0.2, 0.25) is 6.10 Å². The van der Waals surface area contributed by atoms with Crippen LogP contribution in [0.5, 0.6) is 11.5 Å². The molecule has 0 aromatic heterocycles. The molecule has 0 spiro atoms. The Hall–Kier alpha value is -3.80. The lowest BCUT2D eigenvalue weighted by molar-refractivity contribution is -0.384. The van der Waals surface area contributed by atoms with E-state index in [-0.39, 0.29) is 24.3 Å². The van der Waals surface area contributed by atoms with E-state index in [0.29, 0.717) is 17.3 Å². The molecule has 1 aliphatic rings. The number of para-hydroxylation sites is 2.